The maximum absolute atomic E-state index is 13.0. The Morgan fingerprint density at radius 1 is 1.14 bits per heavy atom. The van der Waals surface area contributed by atoms with Gasteiger partial charge in [-0.1, -0.05) is 36.4 Å². The molecule has 114 valence electrons. The van der Waals surface area contributed by atoms with Crippen molar-refractivity contribution in [2.24, 2.45) is 23.5 Å². The number of primary amides is 1. The van der Waals surface area contributed by atoms with Gasteiger partial charge in [0.25, 0.3) is 0 Å². The van der Waals surface area contributed by atoms with Crippen molar-refractivity contribution in [3.8, 4) is 0 Å². The number of benzene rings is 1. The van der Waals surface area contributed by atoms with E-state index < -0.39 is 11.9 Å². The highest BCUT2D eigenvalue weighted by atomic mass is 16.2. The number of allylic oxidation sites excluding steroid dienone is 2. The lowest BCUT2D eigenvalue weighted by Crippen LogP contribution is -2.48. The Bertz CT molecular complexity index is 667. The van der Waals surface area contributed by atoms with Crippen molar-refractivity contribution in [1.29, 1.82) is 0 Å². The fraction of sp³-hybridized carbons (Fsp3) is 0.444. The zero-order chi connectivity index (χ0) is 15.3. The molecule has 0 saturated heterocycles. The van der Waals surface area contributed by atoms with Crippen molar-refractivity contribution < 1.29 is 9.59 Å². The topological polar surface area (TPSA) is 63.4 Å². The van der Waals surface area contributed by atoms with Crippen molar-refractivity contribution in [1.82, 2.24) is 4.90 Å². The van der Waals surface area contributed by atoms with Crippen LogP contribution in [0.25, 0.3) is 0 Å². The van der Waals surface area contributed by atoms with E-state index in [1.54, 1.807) is 4.90 Å². The van der Waals surface area contributed by atoms with Gasteiger partial charge in [-0.25, -0.2) is 0 Å². The quantitative estimate of drug-likeness (QED) is 0.846. The molecule has 4 unspecified atom stereocenters. The summed E-state index contributed by atoms with van der Waals surface area (Å²) in [5.41, 5.74) is 7.66. The van der Waals surface area contributed by atoms with Gasteiger partial charge in [0.1, 0.15) is 6.04 Å². The standard InChI is InChI=1S/C18H20N2O2/c19-17(21)16-14-4-2-1-3-12(14)7-8-20(16)18(22)15-10-11-5-6-13(15)9-11/h1-6,11,13,15-16H,7-10H2,(H2,19,21). The number of fused-ring (bicyclic) bond motifs is 3. The van der Waals surface area contributed by atoms with E-state index in [0.717, 1.165) is 30.4 Å². The van der Waals surface area contributed by atoms with Crippen LogP contribution in [0.2, 0.25) is 0 Å². The molecule has 2 aliphatic carbocycles. The van der Waals surface area contributed by atoms with Crippen molar-refractivity contribution >= 4 is 11.8 Å². The number of carbonyl (C=O) groups excluding carboxylic acids is 2. The minimum Gasteiger partial charge on any atom is -0.368 e. The largest absolute Gasteiger partial charge is 0.368 e. The van der Waals surface area contributed by atoms with Gasteiger partial charge in [0.05, 0.1) is 0 Å². The first-order valence-corrected chi connectivity index (χ1v) is 8.01. The Kier molecular flexibility index (Phi) is 3.06. The van der Waals surface area contributed by atoms with Gasteiger partial charge >= 0.3 is 0 Å². The summed E-state index contributed by atoms with van der Waals surface area (Å²) in [6.45, 7) is 0.584. The van der Waals surface area contributed by atoms with Crippen molar-refractivity contribution in [3.63, 3.8) is 0 Å². The van der Waals surface area contributed by atoms with Crippen LogP contribution in [0.5, 0.6) is 0 Å². The van der Waals surface area contributed by atoms with Crippen molar-refractivity contribution in [2.45, 2.75) is 25.3 Å². The molecule has 0 aromatic heterocycles. The van der Waals surface area contributed by atoms with E-state index in [1.807, 2.05) is 24.3 Å². The molecule has 2 amide bonds. The predicted molar refractivity (Wildman–Crippen MR) is 82.6 cm³/mol. The normalized spacial score (nSPS) is 32.1. The second-order valence-electron chi connectivity index (χ2n) is 6.67. The highest BCUT2D eigenvalue weighted by molar-refractivity contribution is 5.90. The second kappa shape index (κ2) is 4.97. The van der Waals surface area contributed by atoms with Crippen LogP contribution in [0, 0.1) is 17.8 Å². The summed E-state index contributed by atoms with van der Waals surface area (Å²) in [7, 11) is 0. The molecule has 1 aromatic rings. The van der Waals surface area contributed by atoms with Gasteiger partial charge in [-0.15, -0.1) is 0 Å². The van der Waals surface area contributed by atoms with Gasteiger partial charge in [0.15, 0.2) is 0 Å². The Balaban J connectivity index is 1.65. The van der Waals surface area contributed by atoms with E-state index >= 15 is 0 Å². The van der Waals surface area contributed by atoms with Crippen molar-refractivity contribution in [2.75, 3.05) is 6.54 Å². The van der Waals surface area contributed by atoms with Crippen LogP contribution < -0.4 is 5.73 Å². The zero-order valence-corrected chi connectivity index (χ0v) is 12.4. The van der Waals surface area contributed by atoms with Crippen LogP contribution in [0.4, 0.5) is 0 Å². The minimum atomic E-state index is -0.611. The summed E-state index contributed by atoms with van der Waals surface area (Å²) in [5, 5.41) is 0. The summed E-state index contributed by atoms with van der Waals surface area (Å²) < 4.78 is 0. The molecule has 2 N–H and O–H groups in total. The SMILES string of the molecule is NC(=O)C1c2ccccc2CCN1C(=O)C1CC2C=CC1C2. The Morgan fingerprint density at radius 2 is 1.95 bits per heavy atom. The number of rotatable bonds is 2. The molecule has 4 heteroatoms. The molecule has 3 aliphatic rings. The molecular formula is C18H20N2O2. The van der Waals surface area contributed by atoms with Gasteiger partial charge in [0, 0.05) is 12.5 Å². The predicted octanol–water partition coefficient (Wildman–Crippen LogP) is 1.81. The molecule has 4 atom stereocenters. The average Bonchev–Trinajstić information content (AvgIpc) is 3.15. The van der Waals surface area contributed by atoms with Gasteiger partial charge in [-0.05, 0) is 42.2 Å². The van der Waals surface area contributed by atoms with Gasteiger partial charge in [-0.3, -0.25) is 9.59 Å². The smallest absolute Gasteiger partial charge is 0.244 e. The van der Waals surface area contributed by atoms with E-state index in [9.17, 15) is 9.59 Å². The van der Waals surface area contributed by atoms with Crippen molar-refractivity contribution in [3.05, 3.63) is 47.5 Å². The van der Waals surface area contributed by atoms with E-state index in [4.69, 9.17) is 5.73 Å². The summed E-state index contributed by atoms with van der Waals surface area (Å²) in [6, 6.07) is 7.21. The second-order valence-corrected chi connectivity index (χ2v) is 6.67. The first-order chi connectivity index (χ1) is 10.6. The van der Waals surface area contributed by atoms with Crippen LogP contribution >= 0.6 is 0 Å². The molecule has 4 nitrogen and oxygen atoms in total. The van der Waals surface area contributed by atoms with Crippen LogP contribution in [0.3, 0.4) is 0 Å². The third kappa shape index (κ3) is 1.97. The van der Waals surface area contributed by atoms with E-state index in [0.29, 0.717) is 18.4 Å². The lowest BCUT2D eigenvalue weighted by Gasteiger charge is -2.37. The fourth-order valence-corrected chi connectivity index (χ4v) is 4.39. The summed E-state index contributed by atoms with van der Waals surface area (Å²) in [4.78, 5) is 26.7. The van der Waals surface area contributed by atoms with Crippen LogP contribution in [-0.2, 0) is 16.0 Å². The highest BCUT2D eigenvalue weighted by Gasteiger charge is 2.44. The van der Waals surface area contributed by atoms with Gasteiger partial charge in [-0.2, -0.15) is 0 Å². The molecule has 4 rings (SSSR count). The number of carbonyl (C=O) groups is 2. The number of nitrogens with zero attached hydrogens (tertiary/aromatic N) is 1. The third-order valence-electron chi connectivity index (χ3n) is 5.43. The Hall–Kier alpha value is -2.10. The molecule has 2 bridgehead atoms. The first kappa shape index (κ1) is 13.6. The summed E-state index contributed by atoms with van der Waals surface area (Å²) in [6.07, 6.45) is 7.20. The molecule has 1 fully saturated rings. The van der Waals surface area contributed by atoms with Gasteiger partial charge < -0.3 is 10.6 Å². The maximum atomic E-state index is 13.0. The molecule has 22 heavy (non-hydrogen) atoms. The van der Waals surface area contributed by atoms with E-state index in [1.165, 1.54) is 0 Å². The fourth-order valence-electron chi connectivity index (χ4n) is 4.39. The molecule has 1 aliphatic heterocycles. The third-order valence-corrected chi connectivity index (χ3v) is 5.43. The Labute approximate surface area is 130 Å². The molecule has 1 saturated carbocycles. The lowest BCUT2D eigenvalue weighted by molar-refractivity contribution is -0.144. The monoisotopic (exact) mass is 296 g/mol. The van der Waals surface area contributed by atoms with Crippen LogP contribution in [0.1, 0.15) is 30.0 Å². The highest BCUT2D eigenvalue weighted by Crippen LogP contribution is 2.45. The number of amides is 2. The number of hydrogen-bond donors (Lipinski definition) is 1. The molecular weight excluding hydrogens is 276 g/mol. The van der Waals surface area contributed by atoms with Crippen LogP contribution in [-0.4, -0.2) is 23.3 Å². The zero-order valence-electron chi connectivity index (χ0n) is 12.4. The maximum Gasteiger partial charge on any atom is 0.244 e. The summed E-state index contributed by atoms with van der Waals surface area (Å²) in [5.74, 6) is 0.600. The summed E-state index contributed by atoms with van der Waals surface area (Å²) >= 11 is 0. The van der Waals surface area contributed by atoms with Gasteiger partial charge in [0.2, 0.25) is 11.8 Å². The molecule has 1 aromatic carbocycles. The van der Waals surface area contributed by atoms with Crippen LogP contribution in [0.15, 0.2) is 36.4 Å². The minimum absolute atomic E-state index is 0.0297. The molecule has 1 heterocycles. The first-order valence-electron chi connectivity index (χ1n) is 8.01. The number of nitrogens with two attached hydrogens (primary N) is 1. The Morgan fingerprint density at radius 3 is 2.64 bits per heavy atom. The number of hydrogen-bond acceptors (Lipinski definition) is 2. The molecule has 0 spiro atoms. The van der Waals surface area contributed by atoms with E-state index in [2.05, 4.69) is 12.2 Å². The molecule has 0 radical (unpaired) electrons. The lowest BCUT2D eigenvalue weighted by atomic mass is 9.87. The average molecular weight is 296 g/mol. The van der Waals surface area contributed by atoms with E-state index in [-0.39, 0.29) is 11.8 Å².